The highest BCUT2D eigenvalue weighted by molar-refractivity contribution is 6.93. The average Bonchev–Trinajstić information content (AvgIpc) is 2.90. The van der Waals surface area contributed by atoms with Gasteiger partial charge in [-0.05, 0) is 35.2 Å². The lowest BCUT2D eigenvalue weighted by Gasteiger charge is -2.37. The van der Waals surface area contributed by atoms with Gasteiger partial charge in [0, 0.05) is 5.19 Å². The molecule has 0 saturated heterocycles. The summed E-state index contributed by atoms with van der Waals surface area (Å²) in [6, 6.07) is 42.0. The fourth-order valence-corrected chi connectivity index (χ4v) is 17.9. The number of hydrogen-bond donors (Lipinski definition) is 0. The van der Waals surface area contributed by atoms with Gasteiger partial charge >= 0.3 is 8.80 Å². The van der Waals surface area contributed by atoms with Gasteiger partial charge in [0.15, 0.2) is 27.1 Å². The van der Waals surface area contributed by atoms with E-state index in [4.69, 9.17) is 12.3 Å². The zero-order valence-corrected chi connectivity index (χ0v) is 24.5. The second-order valence-corrected chi connectivity index (χ2v) is 18.8. The maximum absolute atomic E-state index is 7.10. The van der Waals surface area contributed by atoms with Gasteiger partial charge < -0.3 is 12.3 Å². The van der Waals surface area contributed by atoms with Crippen LogP contribution in [0, 0.1) is 0 Å². The third-order valence-electron chi connectivity index (χ3n) is 5.93. The van der Waals surface area contributed by atoms with E-state index < -0.39 is 35.9 Å². The Labute approximate surface area is 209 Å². The van der Waals surface area contributed by atoms with Gasteiger partial charge in [-0.15, -0.1) is 0 Å². The van der Waals surface area contributed by atoms with Crippen molar-refractivity contribution in [3.8, 4) is 0 Å². The highest BCUT2D eigenvalue weighted by Crippen LogP contribution is 2.16. The lowest BCUT2D eigenvalue weighted by Crippen LogP contribution is -2.66. The van der Waals surface area contributed by atoms with Crippen molar-refractivity contribution in [1.82, 2.24) is 0 Å². The molecule has 0 radical (unpaired) electrons. The van der Waals surface area contributed by atoms with E-state index in [9.17, 15) is 0 Å². The first kappa shape index (κ1) is 24.7. The molecule has 0 spiro atoms. The lowest BCUT2D eigenvalue weighted by molar-refractivity contribution is 0.294. The molecule has 0 saturated carbocycles. The maximum Gasteiger partial charge on any atom is 0.505 e. The number of rotatable bonds is 10. The Morgan fingerprint density at radius 1 is 0.412 bits per heavy atom. The van der Waals surface area contributed by atoms with Crippen LogP contribution in [-0.4, -0.2) is 35.9 Å². The molecule has 4 aromatic rings. The Kier molecular flexibility index (Phi) is 8.62. The molecule has 0 N–H and O–H groups in total. The third-order valence-corrected chi connectivity index (χ3v) is 18.9. The molecule has 0 aromatic heterocycles. The van der Waals surface area contributed by atoms with Crippen LogP contribution < -0.4 is 20.7 Å². The lowest BCUT2D eigenvalue weighted by atomic mass is 10.4. The predicted molar refractivity (Wildman–Crippen MR) is 152 cm³/mol. The monoisotopic (exact) mass is 516 g/mol. The molecular weight excluding hydrogens is 485 g/mol. The summed E-state index contributed by atoms with van der Waals surface area (Å²) >= 11 is 0. The first-order valence-electron chi connectivity index (χ1n) is 11.8. The molecule has 34 heavy (non-hydrogen) atoms. The molecule has 0 fully saturated rings. The van der Waals surface area contributed by atoms with E-state index in [1.165, 1.54) is 15.6 Å². The summed E-state index contributed by atoms with van der Waals surface area (Å²) in [7, 11) is -8.64. The second kappa shape index (κ2) is 11.9. The molecule has 0 aliphatic heterocycles. The molecule has 4 aromatic carbocycles. The molecule has 0 bridgehead atoms. The fourth-order valence-electron chi connectivity index (χ4n) is 4.00. The minimum Gasteiger partial charge on any atom is -0.412 e. The van der Waals surface area contributed by atoms with Crippen LogP contribution in [-0.2, 0) is 12.3 Å². The Morgan fingerprint density at radius 2 is 0.676 bits per heavy atom. The molecule has 4 rings (SSSR count). The van der Waals surface area contributed by atoms with Gasteiger partial charge in [-0.3, -0.25) is 0 Å². The summed E-state index contributed by atoms with van der Waals surface area (Å²) in [4.78, 5) is 0. The van der Waals surface area contributed by atoms with Crippen LogP contribution in [0.15, 0.2) is 121 Å². The summed E-state index contributed by atoms with van der Waals surface area (Å²) in [6.07, 6.45) is 0. The van der Waals surface area contributed by atoms with E-state index in [-0.39, 0.29) is 0 Å². The average molecular weight is 517 g/mol. The van der Waals surface area contributed by atoms with Crippen molar-refractivity contribution in [2.75, 3.05) is 0 Å². The SMILES string of the molecule is C[SiH](O[Si](O[SiH](C)c1ccccc1)(O[SiH](C)c1ccccc1)c1ccccc1)c1ccccc1. The Hall–Kier alpha value is -2.37. The first-order valence-corrected chi connectivity index (χ1v) is 20.1. The second-order valence-electron chi connectivity index (χ2n) is 8.43. The molecule has 0 aliphatic rings. The van der Waals surface area contributed by atoms with Crippen LogP contribution in [0.2, 0.25) is 19.6 Å². The largest absolute Gasteiger partial charge is 0.505 e. The van der Waals surface area contributed by atoms with Crippen molar-refractivity contribution >= 4 is 56.7 Å². The molecule has 7 heteroatoms. The van der Waals surface area contributed by atoms with E-state index in [2.05, 4.69) is 117 Å². The third kappa shape index (κ3) is 6.19. The van der Waals surface area contributed by atoms with E-state index in [0.717, 1.165) is 5.19 Å². The normalized spacial score (nSPS) is 15.7. The minimum absolute atomic E-state index is 1.05. The standard InChI is InChI=1S/C27H32O3Si4/c1-31(24-16-8-4-9-17-24)28-34(27-22-14-7-15-23-27,29-32(2)25-18-10-5-11-19-25)30-33(3)26-20-12-6-13-21-26/h4-23,31-33H,1-3H3. The zero-order chi connectivity index (χ0) is 23.8. The molecule has 3 nitrogen and oxygen atoms in total. The Balaban J connectivity index is 1.76. The molecular formula is C27H32O3Si4. The van der Waals surface area contributed by atoms with Crippen molar-refractivity contribution in [3.05, 3.63) is 121 Å². The van der Waals surface area contributed by atoms with Crippen LogP contribution in [0.3, 0.4) is 0 Å². The highest BCUT2D eigenvalue weighted by Gasteiger charge is 2.47. The van der Waals surface area contributed by atoms with Crippen LogP contribution in [0.25, 0.3) is 0 Å². The predicted octanol–water partition coefficient (Wildman–Crippen LogP) is 2.66. The quantitative estimate of drug-likeness (QED) is 0.303. The first-order chi connectivity index (χ1) is 16.6. The minimum atomic E-state index is -3.22. The Morgan fingerprint density at radius 3 is 0.971 bits per heavy atom. The summed E-state index contributed by atoms with van der Waals surface area (Å²) < 4.78 is 21.3. The molecule has 0 heterocycles. The highest BCUT2D eigenvalue weighted by atomic mass is 28.5. The topological polar surface area (TPSA) is 27.7 Å². The van der Waals surface area contributed by atoms with Crippen molar-refractivity contribution in [1.29, 1.82) is 0 Å². The Bertz CT molecular complexity index is 1020. The van der Waals surface area contributed by atoms with E-state index in [1.807, 2.05) is 24.3 Å². The van der Waals surface area contributed by atoms with Gasteiger partial charge in [0.2, 0.25) is 0 Å². The summed E-state index contributed by atoms with van der Waals surface area (Å²) in [5.41, 5.74) is 0. The maximum atomic E-state index is 7.10. The molecule has 0 amide bonds. The van der Waals surface area contributed by atoms with Crippen molar-refractivity contribution in [3.63, 3.8) is 0 Å². The van der Waals surface area contributed by atoms with Crippen molar-refractivity contribution in [2.24, 2.45) is 0 Å². The smallest absolute Gasteiger partial charge is 0.412 e. The van der Waals surface area contributed by atoms with E-state index >= 15 is 0 Å². The van der Waals surface area contributed by atoms with Gasteiger partial charge in [0.05, 0.1) is 0 Å². The number of hydrogen-bond acceptors (Lipinski definition) is 3. The van der Waals surface area contributed by atoms with Gasteiger partial charge in [0.25, 0.3) is 0 Å². The fraction of sp³-hybridized carbons (Fsp3) is 0.111. The van der Waals surface area contributed by atoms with Crippen molar-refractivity contribution in [2.45, 2.75) is 19.6 Å². The van der Waals surface area contributed by atoms with Gasteiger partial charge in [-0.2, -0.15) is 0 Å². The molecule has 174 valence electrons. The summed E-state index contributed by atoms with van der Waals surface area (Å²) in [6.45, 7) is 6.70. The van der Waals surface area contributed by atoms with Gasteiger partial charge in [0.1, 0.15) is 0 Å². The molecule has 0 aliphatic carbocycles. The molecule has 3 unspecified atom stereocenters. The zero-order valence-electron chi connectivity index (χ0n) is 20.0. The van der Waals surface area contributed by atoms with Gasteiger partial charge in [-0.25, -0.2) is 0 Å². The van der Waals surface area contributed by atoms with Crippen LogP contribution >= 0.6 is 0 Å². The number of benzene rings is 4. The molecule has 3 atom stereocenters. The van der Waals surface area contributed by atoms with Gasteiger partial charge in [-0.1, -0.05) is 121 Å². The van der Waals surface area contributed by atoms with E-state index in [0.29, 0.717) is 0 Å². The van der Waals surface area contributed by atoms with Crippen LogP contribution in [0.1, 0.15) is 0 Å². The summed E-state index contributed by atoms with van der Waals surface area (Å²) in [5.74, 6) is 0. The summed E-state index contributed by atoms with van der Waals surface area (Å²) in [5, 5.41) is 4.82. The van der Waals surface area contributed by atoms with Crippen LogP contribution in [0.5, 0.6) is 0 Å². The van der Waals surface area contributed by atoms with Crippen LogP contribution in [0.4, 0.5) is 0 Å². The van der Waals surface area contributed by atoms with E-state index in [1.54, 1.807) is 0 Å². The van der Waals surface area contributed by atoms with Crippen molar-refractivity contribution < 1.29 is 12.3 Å².